The van der Waals surface area contributed by atoms with Crippen molar-refractivity contribution in [1.29, 1.82) is 0 Å². The number of carboxylic acids is 1. The van der Waals surface area contributed by atoms with Crippen LogP contribution in [0.15, 0.2) is 58.4 Å². The fraction of sp³-hybridized carbons (Fsp3) is 0.100. The molecule has 0 unspecified atom stereocenters. The molecule has 1 fully saturated rings. The molecule has 0 bridgehead atoms. The van der Waals surface area contributed by atoms with Crippen molar-refractivity contribution >= 4 is 46.5 Å². The van der Waals surface area contributed by atoms with Crippen LogP contribution in [-0.2, 0) is 9.53 Å². The number of carbonyl (C=O) groups excluding carboxylic acids is 2. The Morgan fingerprint density at radius 2 is 1.75 bits per heavy atom. The Kier molecular flexibility index (Phi) is 5.90. The van der Waals surface area contributed by atoms with Gasteiger partial charge in [0.05, 0.1) is 28.3 Å². The summed E-state index contributed by atoms with van der Waals surface area (Å²) in [5, 5.41) is 12.0. The molecule has 0 aromatic heterocycles. The molecule has 2 aromatic carbocycles. The van der Waals surface area contributed by atoms with Crippen LogP contribution in [0.5, 0.6) is 0 Å². The molecule has 7 nitrogen and oxygen atoms in total. The van der Waals surface area contributed by atoms with E-state index in [9.17, 15) is 14.4 Å². The quantitative estimate of drug-likeness (QED) is 0.592. The highest BCUT2D eigenvalue weighted by Gasteiger charge is 2.23. The summed E-state index contributed by atoms with van der Waals surface area (Å²) in [5.74, 6) is -1.69. The summed E-state index contributed by atoms with van der Waals surface area (Å²) >= 11 is 1.18. The summed E-state index contributed by atoms with van der Waals surface area (Å²) < 4.78 is 4.93. The van der Waals surface area contributed by atoms with E-state index < -0.39 is 11.9 Å². The number of ether oxygens (including phenoxy) is 1. The Balaban J connectivity index is 1.73. The van der Waals surface area contributed by atoms with Crippen molar-refractivity contribution in [3.05, 3.63) is 70.1 Å². The van der Waals surface area contributed by atoms with E-state index in [1.165, 1.54) is 23.9 Å². The number of amidine groups is 1. The zero-order valence-corrected chi connectivity index (χ0v) is 15.7. The SMILES string of the molecule is CCOC(=O)c1ccc(N=C2NC(=O)/C(=C\c3ccc(C(=O)O)cc3)S2)cc1. The highest BCUT2D eigenvalue weighted by atomic mass is 32.2. The Morgan fingerprint density at radius 1 is 1.11 bits per heavy atom. The second-order valence-corrected chi connectivity index (χ2v) is 6.71. The molecule has 3 rings (SSSR count). The molecule has 0 atom stereocenters. The number of nitrogens with one attached hydrogen (secondary N) is 1. The topological polar surface area (TPSA) is 105 Å². The van der Waals surface area contributed by atoms with Gasteiger partial charge in [-0.1, -0.05) is 12.1 Å². The van der Waals surface area contributed by atoms with E-state index in [0.717, 1.165) is 0 Å². The van der Waals surface area contributed by atoms with Crippen molar-refractivity contribution in [2.75, 3.05) is 6.61 Å². The summed E-state index contributed by atoms with van der Waals surface area (Å²) in [6.45, 7) is 2.05. The summed E-state index contributed by atoms with van der Waals surface area (Å²) in [7, 11) is 0. The molecule has 0 radical (unpaired) electrons. The molecular formula is C20H16N2O5S. The summed E-state index contributed by atoms with van der Waals surface area (Å²) in [6.07, 6.45) is 1.66. The number of carbonyl (C=O) groups is 3. The molecule has 0 aliphatic carbocycles. The van der Waals surface area contributed by atoms with Crippen LogP contribution >= 0.6 is 11.8 Å². The summed E-state index contributed by atoms with van der Waals surface area (Å²) in [5.41, 5.74) is 1.91. The molecule has 1 aliphatic rings. The minimum atomic E-state index is -1.00. The molecule has 1 heterocycles. The van der Waals surface area contributed by atoms with E-state index in [4.69, 9.17) is 9.84 Å². The van der Waals surface area contributed by atoms with Gasteiger partial charge in [0.15, 0.2) is 5.17 Å². The van der Waals surface area contributed by atoms with Gasteiger partial charge in [-0.25, -0.2) is 14.6 Å². The fourth-order valence-corrected chi connectivity index (χ4v) is 3.20. The van der Waals surface area contributed by atoms with Crippen LogP contribution in [0.25, 0.3) is 6.08 Å². The highest BCUT2D eigenvalue weighted by Crippen LogP contribution is 2.28. The lowest BCUT2D eigenvalue weighted by Crippen LogP contribution is -2.19. The molecule has 2 aromatic rings. The van der Waals surface area contributed by atoms with Gasteiger partial charge in [0.25, 0.3) is 5.91 Å². The number of aromatic carboxylic acids is 1. The zero-order chi connectivity index (χ0) is 20.1. The number of rotatable bonds is 5. The first kappa shape index (κ1) is 19.4. The van der Waals surface area contributed by atoms with E-state index in [0.29, 0.717) is 33.5 Å². The smallest absolute Gasteiger partial charge is 0.338 e. The van der Waals surface area contributed by atoms with Gasteiger partial charge < -0.3 is 15.2 Å². The monoisotopic (exact) mass is 396 g/mol. The number of aliphatic imine (C=N–C) groups is 1. The molecule has 1 amide bonds. The minimum Gasteiger partial charge on any atom is -0.478 e. The van der Waals surface area contributed by atoms with Crippen molar-refractivity contribution in [1.82, 2.24) is 5.32 Å². The minimum absolute atomic E-state index is 0.180. The molecule has 1 aliphatic heterocycles. The van der Waals surface area contributed by atoms with E-state index in [-0.39, 0.29) is 11.5 Å². The summed E-state index contributed by atoms with van der Waals surface area (Å²) in [6, 6.07) is 12.8. The average molecular weight is 396 g/mol. The number of nitrogens with zero attached hydrogens (tertiary/aromatic N) is 1. The lowest BCUT2D eigenvalue weighted by Gasteiger charge is -2.02. The number of amides is 1. The van der Waals surface area contributed by atoms with Crippen LogP contribution in [-0.4, -0.2) is 34.7 Å². The molecule has 0 spiro atoms. The maximum absolute atomic E-state index is 12.1. The number of hydrogen-bond donors (Lipinski definition) is 2. The fourth-order valence-electron chi connectivity index (χ4n) is 2.36. The second-order valence-electron chi connectivity index (χ2n) is 5.68. The third kappa shape index (κ3) is 4.66. The van der Waals surface area contributed by atoms with Crippen LogP contribution < -0.4 is 5.32 Å². The number of benzene rings is 2. The number of carboxylic acid groups (broad SMARTS) is 1. The average Bonchev–Trinajstić information content (AvgIpc) is 3.01. The van der Waals surface area contributed by atoms with Gasteiger partial charge in [-0.15, -0.1) is 0 Å². The summed E-state index contributed by atoms with van der Waals surface area (Å²) in [4.78, 5) is 39.5. The predicted octanol–water partition coefficient (Wildman–Crippen LogP) is 3.45. The van der Waals surface area contributed by atoms with Crippen LogP contribution in [0.1, 0.15) is 33.2 Å². The highest BCUT2D eigenvalue weighted by molar-refractivity contribution is 8.18. The number of thioether (sulfide) groups is 1. The Bertz CT molecular complexity index is 979. The van der Waals surface area contributed by atoms with Crippen molar-refractivity contribution in [3.63, 3.8) is 0 Å². The van der Waals surface area contributed by atoms with E-state index in [1.807, 2.05) is 0 Å². The van der Waals surface area contributed by atoms with Gasteiger partial charge in [-0.05, 0) is 66.7 Å². The largest absolute Gasteiger partial charge is 0.478 e. The normalized spacial score (nSPS) is 16.2. The second kappa shape index (κ2) is 8.53. The Hall–Kier alpha value is -3.39. The maximum atomic E-state index is 12.1. The van der Waals surface area contributed by atoms with Gasteiger partial charge in [0.1, 0.15) is 0 Å². The lowest BCUT2D eigenvalue weighted by atomic mass is 10.1. The van der Waals surface area contributed by atoms with Gasteiger partial charge in [-0.2, -0.15) is 0 Å². The van der Waals surface area contributed by atoms with E-state index in [2.05, 4.69) is 10.3 Å². The van der Waals surface area contributed by atoms with Crippen molar-refractivity contribution in [2.45, 2.75) is 6.92 Å². The van der Waals surface area contributed by atoms with Gasteiger partial charge in [0, 0.05) is 0 Å². The first-order valence-corrected chi connectivity index (χ1v) is 9.18. The molecular weight excluding hydrogens is 380 g/mol. The van der Waals surface area contributed by atoms with Gasteiger partial charge in [-0.3, -0.25) is 4.79 Å². The number of hydrogen-bond acceptors (Lipinski definition) is 6. The third-order valence-electron chi connectivity index (χ3n) is 3.72. The first-order valence-electron chi connectivity index (χ1n) is 8.36. The molecule has 8 heteroatoms. The molecule has 2 N–H and O–H groups in total. The Morgan fingerprint density at radius 3 is 2.36 bits per heavy atom. The standard InChI is InChI=1S/C20H16N2O5S/c1-2-27-19(26)14-7-9-15(10-8-14)21-20-22-17(23)16(28-20)11-12-3-5-13(6-4-12)18(24)25/h3-11H,2H2,1H3,(H,24,25)(H,21,22,23)/b16-11+. The van der Waals surface area contributed by atoms with Crippen molar-refractivity contribution < 1.29 is 24.2 Å². The van der Waals surface area contributed by atoms with Crippen molar-refractivity contribution in [3.8, 4) is 0 Å². The molecule has 1 saturated heterocycles. The maximum Gasteiger partial charge on any atom is 0.338 e. The molecule has 28 heavy (non-hydrogen) atoms. The number of esters is 1. The van der Waals surface area contributed by atoms with Gasteiger partial charge >= 0.3 is 11.9 Å². The molecule has 142 valence electrons. The van der Waals surface area contributed by atoms with Crippen LogP contribution in [0.4, 0.5) is 5.69 Å². The Labute approximate surface area is 165 Å². The van der Waals surface area contributed by atoms with E-state index in [1.54, 1.807) is 49.4 Å². The van der Waals surface area contributed by atoms with E-state index >= 15 is 0 Å². The molecule has 0 saturated carbocycles. The lowest BCUT2D eigenvalue weighted by molar-refractivity contribution is -0.115. The predicted molar refractivity (Wildman–Crippen MR) is 107 cm³/mol. The van der Waals surface area contributed by atoms with Crippen LogP contribution in [0.3, 0.4) is 0 Å². The van der Waals surface area contributed by atoms with Crippen molar-refractivity contribution in [2.24, 2.45) is 4.99 Å². The van der Waals surface area contributed by atoms with Gasteiger partial charge in [0.2, 0.25) is 0 Å². The van der Waals surface area contributed by atoms with Crippen LogP contribution in [0.2, 0.25) is 0 Å². The van der Waals surface area contributed by atoms with Crippen LogP contribution in [0, 0.1) is 0 Å². The third-order valence-corrected chi connectivity index (χ3v) is 4.63. The first-order chi connectivity index (χ1) is 13.5. The zero-order valence-electron chi connectivity index (χ0n) is 14.8.